The number of hydrogen-bond donors (Lipinski definition) is 0. The lowest BCUT2D eigenvalue weighted by Crippen LogP contribution is -1.98. The molecule has 0 aromatic rings. The largest absolute Gasteiger partial charge is 0.432 e. The molecular formula is C13H22O2. The van der Waals surface area contributed by atoms with Crippen LogP contribution >= 0.6 is 0 Å². The summed E-state index contributed by atoms with van der Waals surface area (Å²) >= 11 is 0. The molecule has 2 heteroatoms. The van der Waals surface area contributed by atoms with Gasteiger partial charge in [-0.2, -0.15) is 0 Å². The third-order valence-electron chi connectivity index (χ3n) is 2.00. The molecule has 0 rings (SSSR count). The minimum absolute atomic E-state index is 0.250. The molecule has 0 fully saturated rings. The van der Waals surface area contributed by atoms with E-state index in [1.807, 2.05) is 13.0 Å². The molecule has 0 radical (unpaired) electrons. The molecule has 0 saturated carbocycles. The molecule has 0 spiro atoms. The number of esters is 1. The smallest absolute Gasteiger partial charge is 0.307 e. The van der Waals surface area contributed by atoms with Crippen molar-refractivity contribution in [2.45, 2.75) is 47.5 Å². The van der Waals surface area contributed by atoms with Crippen molar-refractivity contribution in [2.24, 2.45) is 5.92 Å². The SMILES string of the molecule is CC(=O)O/C(C)=C/[C@@H](C)CCC=C(C)C. The lowest BCUT2D eigenvalue weighted by molar-refractivity contribution is -0.136. The number of rotatable bonds is 5. The molecule has 0 aromatic carbocycles. The van der Waals surface area contributed by atoms with Gasteiger partial charge in [-0.05, 0) is 45.6 Å². The van der Waals surface area contributed by atoms with Gasteiger partial charge >= 0.3 is 5.97 Å². The van der Waals surface area contributed by atoms with Crippen LogP contribution < -0.4 is 0 Å². The van der Waals surface area contributed by atoms with E-state index < -0.39 is 0 Å². The Morgan fingerprint density at radius 3 is 2.33 bits per heavy atom. The van der Waals surface area contributed by atoms with Crippen molar-refractivity contribution in [1.82, 2.24) is 0 Å². The molecule has 0 aliphatic heterocycles. The highest BCUT2D eigenvalue weighted by atomic mass is 16.5. The number of allylic oxidation sites excluding steroid dienone is 4. The Hall–Kier alpha value is -1.05. The Bertz CT molecular complexity index is 258. The van der Waals surface area contributed by atoms with Gasteiger partial charge in [0.05, 0.1) is 0 Å². The molecule has 0 N–H and O–H groups in total. The van der Waals surface area contributed by atoms with Crippen LogP contribution in [0.5, 0.6) is 0 Å². The summed E-state index contributed by atoms with van der Waals surface area (Å²) in [5, 5.41) is 0. The highest BCUT2D eigenvalue weighted by Gasteiger charge is 2.00. The number of carbonyl (C=O) groups is 1. The molecular weight excluding hydrogens is 188 g/mol. The van der Waals surface area contributed by atoms with E-state index in [1.165, 1.54) is 12.5 Å². The van der Waals surface area contributed by atoms with Gasteiger partial charge in [-0.15, -0.1) is 0 Å². The van der Waals surface area contributed by atoms with Crippen molar-refractivity contribution in [3.8, 4) is 0 Å². The van der Waals surface area contributed by atoms with Crippen LogP contribution in [0.2, 0.25) is 0 Å². The van der Waals surface area contributed by atoms with Crippen LogP contribution in [0.4, 0.5) is 0 Å². The van der Waals surface area contributed by atoms with Crippen LogP contribution in [-0.2, 0) is 9.53 Å². The fraction of sp³-hybridized carbons (Fsp3) is 0.615. The van der Waals surface area contributed by atoms with Gasteiger partial charge in [0.1, 0.15) is 5.76 Å². The first-order valence-corrected chi connectivity index (χ1v) is 5.42. The lowest BCUT2D eigenvalue weighted by Gasteiger charge is -2.06. The first kappa shape index (κ1) is 13.9. The Kier molecular flexibility index (Phi) is 6.76. The van der Waals surface area contributed by atoms with E-state index in [0.29, 0.717) is 11.7 Å². The van der Waals surface area contributed by atoms with Crippen molar-refractivity contribution >= 4 is 5.97 Å². The summed E-state index contributed by atoms with van der Waals surface area (Å²) in [5.41, 5.74) is 1.35. The molecule has 0 bridgehead atoms. The average Bonchev–Trinajstić information content (AvgIpc) is 2.00. The van der Waals surface area contributed by atoms with E-state index in [1.54, 1.807) is 0 Å². The van der Waals surface area contributed by atoms with Gasteiger partial charge in [0.15, 0.2) is 0 Å². The minimum Gasteiger partial charge on any atom is -0.432 e. The van der Waals surface area contributed by atoms with Gasteiger partial charge in [-0.3, -0.25) is 4.79 Å². The van der Waals surface area contributed by atoms with Crippen molar-refractivity contribution < 1.29 is 9.53 Å². The predicted octanol–water partition coefficient (Wildman–Crippen LogP) is 3.84. The molecule has 86 valence electrons. The summed E-state index contributed by atoms with van der Waals surface area (Å²) in [6, 6.07) is 0. The maximum Gasteiger partial charge on any atom is 0.307 e. The maximum absolute atomic E-state index is 10.7. The van der Waals surface area contributed by atoms with Crippen LogP contribution in [-0.4, -0.2) is 5.97 Å². The Balaban J connectivity index is 3.95. The third-order valence-corrected chi connectivity index (χ3v) is 2.00. The minimum atomic E-state index is -0.250. The monoisotopic (exact) mass is 210 g/mol. The topological polar surface area (TPSA) is 26.3 Å². The molecule has 0 heterocycles. The zero-order chi connectivity index (χ0) is 11.8. The second kappa shape index (κ2) is 7.27. The highest BCUT2D eigenvalue weighted by molar-refractivity contribution is 5.67. The van der Waals surface area contributed by atoms with E-state index in [9.17, 15) is 4.79 Å². The van der Waals surface area contributed by atoms with Crippen LogP contribution in [0.25, 0.3) is 0 Å². The van der Waals surface area contributed by atoms with Crippen molar-refractivity contribution in [3.05, 3.63) is 23.5 Å². The van der Waals surface area contributed by atoms with E-state index in [2.05, 4.69) is 26.8 Å². The summed E-state index contributed by atoms with van der Waals surface area (Å²) in [7, 11) is 0. The summed E-state index contributed by atoms with van der Waals surface area (Å²) in [6.07, 6.45) is 6.39. The van der Waals surface area contributed by atoms with Crippen LogP contribution in [0.1, 0.15) is 47.5 Å². The molecule has 1 atom stereocenters. The molecule has 0 saturated heterocycles. The normalized spacial score (nSPS) is 13.3. The van der Waals surface area contributed by atoms with E-state index >= 15 is 0 Å². The fourth-order valence-electron chi connectivity index (χ4n) is 1.38. The van der Waals surface area contributed by atoms with Crippen LogP contribution in [0.15, 0.2) is 23.5 Å². The van der Waals surface area contributed by atoms with Gasteiger partial charge in [0.25, 0.3) is 0 Å². The van der Waals surface area contributed by atoms with Crippen molar-refractivity contribution in [1.29, 1.82) is 0 Å². The number of hydrogen-bond acceptors (Lipinski definition) is 2. The summed E-state index contributed by atoms with van der Waals surface area (Å²) < 4.78 is 4.96. The Labute approximate surface area is 93.0 Å². The fourth-order valence-corrected chi connectivity index (χ4v) is 1.38. The second-order valence-electron chi connectivity index (χ2n) is 4.21. The van der Waals surface area contributed by atoms with E-state index in [-0.39, 0.29) is 5.97 Å². The van der Waals surface area contributed by atoms with E-state index in [0.717, 1.165) is 12.8 Å². The van der Waals surface area contributed by atoms with Crippen LogP contribution in [0.3, 0.4) is 0 Å². The predicted molar refractivity (Wildman–Crippen MR) is 63.4 cm³/mol. The molecule has 0 aliphatic rings. The molecule has 0 aliphatic carbocycles. The summed E-state index contributed by atoms with van der Waals surface area (Å²) in [6.45, 7) is 9.57. The number of ether oxygens (including phenoxy) is 1. The summed E-state index contributed by atoms with van der Waals surface area (Å²) in [5.74, 6) is 0.896. The number of carbonyl (C=O) groups excluding carboxylic acids is 1. The van der Waals surface area contributed by atoms with Gasteiger partial charge in [0, 0.05) is 6.92 Å². The first-order valence-electron chi connectivity index (χ1n) is 5.42. The van der Waals surface area contributed by atoms with Gasteiger partial charge in [0.2, 0.25) is 0 Å². The van der Waals surface area contributed by atoms with Crippen LogP contribution in [0, 0.1) is 5.92 Å². The van der Waals surface area contributed by atoms with Crippen molar-refractivity contribution in [3.63, 3.8) is 0 Å². The third kappa shape index (κ3) is 9.26. The molecule has 0 amide bonds. The highest BCUT2D eigenvalue weighted by Crippen LogP contribution is 2.12. The molecule has 2 nitrogen and oxygen atoms in total. The standard InChI is InChI=1S/C13H22O2/c1-10(2)7-6-8-11(3)9-12(4)15-13(5)14/h7,9,11H,6,8H2,1-5H3/b12-9+/t11-/m0/s1. The van der Waals surface area contributed by atoms with Crippen molar-refractivity contribution in [2.75, 3.05) is 0 Å². The molecule has 0 unspecified atom stereocenters. The van der Waals surface area contributed by atoms with Gasteiger partial charge < -0.3 is 4.74 Å². The second-order valence-corrected chi connectivity index (χ2v) is 4.21. The zero-order valence-electron chi connectivity index (χ0n) is 10.5. The Morgan fingerprint density at radius 2 is 1.87 bits per heavy atom. The summed E-state index contributed by atoms with van der Waals surface area (Å²) in [4.78, 5) is 10.7. The molecule has 0 aromatic heterocycles. The van der Waals surface area contributed by atoms with Gasteiger partial charge in [-0.1, -0.05) is 18.6 Å². The quantitative estimate of drug-likeness (QED) is 0.391. The molecule has 15 heavy (non-hydrogen) atoms. The zero-order valence-corrected chi connectivity index (χ0v) is 10.5. The van der Waals surface area contributed by atoms with E-state index in [4.69, 9.17) is 4.74 Å². The van der Waals surface area contributed by atoms with Gasteiger partial charge in [-0.25, -0.2) is 0 Å². The maximum atomic E-state index is 10.7. The lowest BCUT2D eigenvalue weighted by atomic mass is 10.0. The first-order chi connectivity index (χ1) is 6.91. The Morgan fingerprint density at radius 1 is 1.27 bits per heavy atom. The average molecular weight is 210 g/mol.